The molecule has 1 aromatic carbocycles. The Morgan fingerprint density at radius 1 is 1.12 bits per heavy atom. The predicted molar refractivity (Wildman–Crippen MR) is 65.1 cm³/mol. The SMILES string of the molecule is CC(C)(C)c1ccc(-c2ncc(N)o2)cc1. The summed E-state index contributed by atoms with van der Waals surface area (Å²) in [6, 6.07) is 8.20. The van der Waals surface area contributed by atoms with E-state index in [0.717, 1.165) is 5.56 Å². The van der Waals surface area contributed by atoms with Gasteiger partial charge in [-0.3, -0.25) is 0 Å². The molecule has 0 saturated carbocycles. The molecule has 2 rings (SSSR count). The van der Waals surface area contributed by atoms with Gasteiger partial charge in [0.15, 0.2) is 0 Å². The summed E-state index contributed by atoms with van der Waals surface area (Å²) < 4.78 is 5.26. The standard InChI is InChI=1S/C13H16N2O/c1-13(2,3)10-6-4-9(5-7-10)12-15-8-11(14)16-12/h4-8H,14H2,1-3H3. The molecule has 0 radical (unpaired) electrons. The average molecular weight is 216 g/mol. The highest BCUT2D eigenvalue weighted by molar-refractivity contribution is 5.55. The first-order valence-electron chi connectivity index (χ1n) is 5.29. The third-order valence-corrected chi connectivity index (χ3v) is 2.52. The van der Waals surface area contributed by atoms with E-state index in [9.17, 15) is 0 Å². The number of oxazole rings is 1. The summed E-state index contributed by atoms with van der Waals surface area (Å²) >= 11 is 0. The Kier molecular flexibility index (Phi) is 2.46. The maximum atomic E-state index is 5.49. The zero-order chi connectivity index (χ0) is 11.8. The van der Waals surface area contributed by atoms with Crippen molar-refractivity contribution >= 4 is 5.88 Å². The van der Waals surface area contributed by atoms with E-state index in [4.69, 9.17) is 10.2 Å². The van der Waals surface area contributed by atoms with Gasteiger partial charge in [0.25, 0.3) is 0 Å². The molecular formula is C13H16N2O. The van der Waals surface area contributed by atoms with Gasteiger partial charge < -0.3 is 10.2 Å². The molecule has 0 aliphatic carbocycles. The Hall–Kier alpha value is -1.77. The summed E-state index contributed by atoms with van der Waals surface area (Å²) in [5.41, 5.74) is 7.88. The maximum absolute atomic E-state index is 5.49. The number of anilines is 1. The number of rotatable bonds is 1. The molecule has 0 fully saturated rings. The van der Waals surface area contributed by atoms with E-state index < -0.39 is 0 Å². The van der Waals surface area contributed by atoms with Gasteiger partial charge in [0.1, 0.15) is 0 Å². The Labute approximate surface area is 95.3 Å². The molecule has 0 atom stereocenters. The summed E-state index contributed by atoms with van der Waals surface area (Å²) in [4.78, 5) is 4.09. The summed E-state index contributed by atoms with van der Waals surface area (Å²) in [6.45, 7) is 6.56. The number of nitrogens with two attached hydrogens (primary N) is 1. The molecule has 2 N–H and O–H groups in total. The first-order chi connectivity index (χ1) is 7.47. The molecule has 0 saturated heterocycles. The molecule has 0 bridgehead atoms. The molecule has 0 spiro atoms. The second kappa shape index (κ2) is 3.67. The van der Waals surface area contributed by atoms with Crippen molar-refractivity contribution in [1.29, 1.82) is 0 Å². The third-order valence-electron chi connectivity index (χ3n) is 2.52. The highest BCUT2D eigenvalue weighted by Gasteiger charge is 2.13. The van der Waals surface area contributed by atoms with E-state index >= 15 is 0 Å². The van der Waals surface area contributed by atoms with Crippen LogP contribution in [-0.2, 0) is 5.41 Å². The van der Waals surface area contributed by atoms with E-state index in [2.05, 4.69) is 37.9 Å². The van der Waals surface area contributed by atoms with Crippen LogP contribution in [0.25, 0.3) is 11.5 Å². The Bertz CT molecular complexity index is 477. The van der Waals surface area contributed by atoms with Crippen molar-refractivity contribution in [1.82, 2.24) is 4.98 Å². The normalized spacial score (nSPS) is 11.7. The molecule has 16 heavy (non-hydrogen) atoms. The molecule has 1 aromatic heterocycles. The molecule has 0 aliphatic heterocycles. The molecule has 1 heterocycles. The highest BCUT2D eigenvalue weighted by Crippen LogP contribution is 2.26. The summed E-state index contributed by atoms with van der Waals surface area (Å²) in [5.74, 6) is 0.910. The van der Waals surface area contributed by atoms with Gasteiger partial charge in [0, 0.05) is 5.56 Å². The van der Waals surface area contributed by atoms with Gasteiger partial charge in [-0.1, -0.05) is 32.9 Å². The van der Waals surface area contributed by atoms with Crippen LogP contribution in [0.3, 0.4) is 0 Å². The maximum Gasteiger partial charge on any atom is 0.228 e. The Balaban J connectivity index is 2.33. The van der Waals surface area contributed by atoms with Crippen LogP contribution in [0.4, 0.5) is 5.88 Å². The first-order valence-corrected chi connectivity index (χ1v) is 5.29. The van der Waals surface area contributed by atoms with Gasteiger partial charge in [0.05, 0.1) is 6.20 Å². The number of benzene rings is 1. The van der Waals surface area contributed by atoms with Crippen LogP contribution in [-0.4, -0.2) is 4.98 Å². The van der Waals surface area contributed by atoms with Crippen LogP contribution in [0.1, 0.15) is 26.3 Å². The van der Waals surface area contributed by atoms with E-state index in [1.54, 1.807) is 0 Å². The predicted octanol–water partition coefficient (Wildman–Crippen LogP) is 3.22. The molecule has 0 aliphatic rings. The van der Waals surface area contributed by atoms with E-state index in [-0.39, 0.29) is 5.41 Å². The van der Waals surface area contributed by atoms with Gasteiger partial charge >= 0.3 is 0 Å². The Morgan fingerprint density at radius 3 is 2.19 bits per heavy atom. The van der Waals surface area contributed by atoms with Crippen LogP contribution < -0.4 is 5.73 Å². The minimum Gasteiger partial charge on any atom is -0.421 e. The number of aromatic nitrogens is 1. The van der Waals surface area contributed by atoms with Crippen molar-refractivity contribution in [2.75, 3.05) is 5.73 Å². The van der Waals surface area contributed by atoms with Gasteiger partial charge in [-0.2, -0.15) is 0 Å². The lowest BCUT2D eigenvalue weighted by Crippen LogP contribution is -2.10. The fraction of sp³-hybridized carbons (Fsp3) is 0.308. The van der Waals surface area contributed by atoms with Crippen LogP contribution in [0.5, 0.6) is 0 Å². The molecular weight excluding hydrogens is 200 g/mol. The van der Waals surface area contributed by atoms with Gasteiger partial charge in [0.2, 0.25) is 11.8 Å². The molecule has 0 unspecified atom stereocenters. The largest absolute Gasteiger partial charge is 0.421 e. The zero-order valence-electron chi connectivity index (χ0n) is 9.82. The van der Waals surface area contributed by atoms with Gasteiger partial charge in [-0.25, -0.2) is 4.98 Å². The monoisotopic (exact) mass is 216 g/mol. The summed E-state index contributed by atoms with van der Waals surface area (Å²) in [7, 11) is 0. The number of hydrogen-bond acceptors (Lipinski definition) is 3. The smallest absolute Gasteiger partial charge is 0.228 e. The first kappa shape index (κ1) is 10.7. The second-order valence-corrected chi connectivity index (χ2v) is 4.90. The average Bonchev–Trinajstić information content (AvgIpc) is 2.64. The van der Waals surface area contributed by atoms with E-state index in [1.807, 2.05) is 12.1 Å². The molecule has 84 valence electrons. The molecule has 2 aromatic rings. The summed E-state index contributed by atoms with van der Waals surface area (Å²) in [6.07, 6.45) is 1.52. The molecule has 3 nitrogen and oxygen atoms in total. The van der Waals surface area contributed by atoms with Crippen LogP contribution in [0, 0.1) is 0 Å². The fourth-order valence-corrected chi connectivity index (χ4v) is 1.53. The lowest BCUT2D eigenvalue weighted by atomic mass is 9.87. The second-order valence-electron chi connectivity index (χ2n) is 4.90. The highest BCUT2D eigenvalue weighted by atomic mass is 16.4. The van der Waals surface area contributed by atoms with E-state index in [1.165, 1.54) is 11.8 Å². The van der Waals surface area contributed by atoms with Crippen molar-refractivity contribution in [2.45, 2.75) is 26.2 Å². The van der Waals surface area contributed by atoms with Crippen molar-refractivity contribution in [2.24, 2.45) is 0 Å². The summed E-state index contributed by atoms with van der Waals surface area (Å²) in [5, 5.41) is 0. The molecule has 3 heteroatoms. The van der Waals surface area contributed by atoms with Crippen LogP contribution >= 0.6 is 0 Å². The van der Waals surface area contributed by atoms with Crippen molar-refractivity contribution in [3.05, 3.63) is 36.0 Å². The lowest BCUT2D eigenvalue weighted by Gasteiger charge is -2.18. The van der Waals surface area contributed by atoms with Crippen LogP contribution in [0.2, 0.25) is 0 Å². The third kappa shape index (κ3) is 2.08. The van der Waals surface area contributed by atoms with Gasteiger partial charge in [-0.05, 0) is 23.1 Å². The van der Waals surface area contributed by atoms with Crippen molar-refractivity contribution < 1.29 is 4.42 Å². The minimum absolute atomic E-state index is 0.161. The topological polar surface area (TPSA) is 52.0 Å². The number of nitrogen functional groups attached to an aromatic ring is 1. The van der Waals surface area contributed by atoms with Gasteiger partial charge in [-0.15, -0.1) is 0 Å². The lowest BCUT2D eigenvalue weighted by molar-refractivity contribution is 0.587. The minimum atomic E-state index is 0.161. The number of hydrogen-bond donors (Lipinski definition) is 1. The Morgan fingerprint density at radius 2 is 1.75 bits per heavy atom. The quantitative estimate of drug-likeness (QED) is 0.796. The zero-order valence-corrected chi connectivity index (χ0v) is 9.82. The number of nitrogens with zero attached hydrogens (tertiary/aromatic N) is 1. The van der Waals surface area contributed by atoms with Crippen molar-refractivity contribution in [3.8, 4) is 11.5 Å². The van der Waals surface area contributed by atoms with Crippen molar-refractivity contribution in [3.63, 3.8) is 0 Å². The van der Waals surface area contributed by atoms with Crippen LogP contribution in [0.15, 0.2) is 34.9 Å². The fourth-order valence-electron chi connectivity index (χ4n) is 1.53. The molecule has 0 amide bonds. The van der Waals surface area contributed by atoms with E-state index in [0.29, 0.717) is 11.8 Å².